The zero-order valence-electron chi connectivity index (χ0n) is 13.1. The van der Waals surface area contributed by atoms with E-state index in [1.807, 2.05) is 43.0 Å². The monoisotopic (exact) mass is 290 g/mol. The summed E-state index contributed by atoms with van der Waals surface area (Å²) in [4.78, 5) is 14.3. The molecule has 1 aliphatic rings. The van der Waals surface area contributed by atoms with Gasteiger partial charge >= 0.3 is 6.03 Å². The van der Waals surface area contributed by atoms with E-state index in [1.54, 1.807) is 0 Å². The van der Waals surface area contributed by atoms with Crippen LogP contribution in [0, 0.1) is 0 Å². The van der Waals surface area contributed by atoms with Crippen LogP contribution in [0.15, 0.2) is 24.3 Å². The van der Waals surface area contributed by atoms with Crippen molar-refractivity contribution in [3.05, 3.63) is 29.8 Å². The summed E-state index contributed by atoms with van der Waals surface area (Å²) in [5.74, 6) is 0.853. The molecule has 1 N–H and O–H groups in total. The summed E-state index contributed by atoms with van der Waals surface area (Å²) in [5, 5.41) is 3.09. The molecule has 116 valence electrons. The van der Waals surface area contributed by atoms with Crippen LogP contribution in [-0.2, 0) is 0 Å². The number of nitrogens with one attached hydrogen (secondary N) is 1. The fourth-order valence-corrected chi connectivity index (χ4v) is 2.67. The van der Waals surface area contributed by atoms with Gasteiger partial charge in [0.15, 0.2) is 0 Å². The van der Waals surface area contributed by atoms with Crippen LogP contribution in [-0.4, -0.2) is 30.6 Å². The van der Waals surface area contributed by atoms with Crippen LogP contribution in [0.2, 0.25) is 0 Å². The molecule has 4 heteroatoms. The number of carbonyl (C=O) groups is 1. The second-order valence-corrected chi connectivity index (χ2v) is 5.58. The predicted molar refractivity (Wildman–Crippen MR) is 84.6 cm³/mol. The summed E-state index contributed by atoms with van der Waals surface area (Å²) in [6.45, 7) is 6.38. The maximum absolute atomic E-state index is 12.3. The molecule has 0 aliphatic carbocycles. The molecule has 2 rings (SSSR count). The zero-order valence-corrected chi connectivity index (χ0v) is 13.1. The number of nitrogens with zero attached hydrogens (tertiary/aromatic N) is 1. The molecule has 1 aliphatic heterocycles. The van der Waals surface area contributed by atoms with Crippen molar-refractivity contribution in [1.82, 2.24) is 10.2 Å². The van der Waals surface area contributed by atoms with Crippen LogP contribution in [0.5, 0.6) is 5.75 Å². The number of urea groups is 1. The molecule has 1 saturated heterocycles. The SMILES string of the molecule is CCOc1cccc(C(C)NC(=O)N2CCCCCC2)c1. The summed E-state index contributed by atoms with van der Waals surface area (Å²) >= 11 is 0. The molecule has 1 heterocycles. The molecular formula is C17H26N2O2. The van der Waals surface area contributed by atoms with Gasteiger partial charge in [0.05, 0.1) is 12.6 Å². The van der Waals surface area contributed by atoms with E-state index in [4.69, 9.17) is 4.74 Å². The van der Waals surface area contributed by atoms with Gasteiger partial charge in [0.25, 0.3) is 0 Å². The molecule has 4 nitrogen and oxygen atoms in total. The van der Waals surface area contributed by atoms with E-state index >= 15 is 0 Å². The molecule has 0 aromatic heterocycles. The topological polar surface area (TPSA) is 41.6 Å². The first kappa shape index (κ1) is 15.7. The lowest BCUT2D eigenvalue weighted by atomic mass is 10.1. The number of likely N-dealkylation sites (tertiary alicyclic amines) is 1. The Bertz CT molecular complexity index is 454. The Morgan fingerprint density at radius 1 is 1.29 bits per heavy atom. The number of hydrogen-bond acceptors (Lipinski definition) is 2. The highest BCUT2D eigenvalue weighted by molar-refractivity contribution is 5.74. The third kappa shape index (κ3) is 4.66. The van der Waals surface area contributed by atoms with Gasteiger partial charge in [-0.05, 0) is 44.4 Å². The third-order valence-electron chi connectivity index (χ3n) is 3.90. The number of amides is 2. The number of carbonyl (C=O) groups excluding carboxylic acids is 1. The smallest absolute Gasteiger partial charge is 0.317 e. The van der Waals surface area contributed by atoms with Crippen molar-refractivity contribution < 1.29 is 9.53 Å². The Labute approximate surface area is 127 Å². The van der Waals surface area contributed by atoms with Gasteiger partial charge in [0, 0.05) is 13.1 Å². The van der Waals surface area contributed by atoms with Crippen molar-refractivity contribution in [1.29, 1.82) is 0 Å². The highest BCUT2D eigenvalue weighted by Gasteiger charge is 2.17. The Kier molecular flexibility index (Phi) is 5.90. The molecule has 1 unspecified atom stereocenters. The van der Waals surface area contributed by atoms with Gasteiger partial charge < -0.3 is 15.0 Å². The third-order valence-corrected chi connectivity index (χ3v) is 3.90. The van der Waals surface area contributed by atoms with Crippen molar-refractivity contribution >= 4 is 6.03 Å². The van der Waals surface area contributed by atoms with Crippen LogP contribution in [0.25, 0.3) is 0 Å². The van der Waals surface area contributed by atoms with Crippen LogP contribution in [0.1, 0.15) is 51.1 Å². The highest BCUT2D eigenvalue weighted by atomic mass is 16.5. The Balaban J connectivity index is 1.94. The van der Waals surface area contributed by atoms with Gasteiger partial charge in [-0.25, -0.2) is 4.79 Å². The number of ether oxygens (including phenoxy) is 1. The molecule has 0 saturated carbocycles. The number of benzene rings is 1. The van der Waals surface area contributed by atoms with Gasteiger partial charge in [0.2, 0.25) is 0 Å². The minimum Gasteiger partial charge on any atom is -0.494 e. The van der Waals surface area contributed by atoms with Gasteiger partial charge in [-0.2, -0.15) is 0 Å². The molecule has 1 aromatic rings. The second-order valence-electron chi connectivity index (χ2n) is 5.58. The van der Waals surface area contributed by atoms with Crippen molar-refractivity contribution in [2.45, 2.75) is 45.6 Å². The van der Waals surface area contributed by atoms with Gasteiger partial charge in [-0.15, -0.1) is 0 Å². The lowest BCUT2D eigenvalue weighted by Crippen LogP contribution is -2.41. The Hall–Kier alpha value is -1.71. The summed E-state index contributed by atoms with van der Waals surface area (Å²) in [6.07, 6.45) is 4.69. The molecule has 0 spiro atoms. The van der Waals surface area contributed by atoms with E-state index in [0.29, 0.717) is 6.61 Å². The van der Waals surface area contributed by atoms with Crippen molar-refractivity contribution in [2.24, 2.45) is 0 Å². The maximum Gasteiger partial charge on any atom is 0.317 e. The van der Waals surface area contributed by atoms with E-state index < -0.39 is 0 Å². The Morgan fingerprint density at radius 3 is 2.67 bits per heavy atom. The second kappa shape index (κ2) is 7.91. The average molecular weight is 290 g/mol. The normalized spacial score (nSPS) is 17.0. The summed E-state index contributed by atoms with van der Waals surface area (Å²) in [7, 11) is 0. The van der Waals surface area contributed by atoms with Crippen LogP contribution >= 0.6 is 0 Å². The largest absolute Gasteiger partial charge is 0.494 e. The van der Waals surface area contributed by atoms with Crippen molar-refractivity contribution in [2.75, 3.05) is 19.7 Å². The quantitative estimate of drug-likeness (QED) is 0.918. The first-order valence-electron chi connectivity index (χ1n) is 7.99. The van der Waals surface area contributed by atoms with Crippen LogP contribution in [0.4, 0.5) is 4.79 Å². The molecule has 1 atom stereocenters. The summed E-state index contributed by atoms with van der Waals surface area (Å²) < 4.78 is 5.51. The number of hydrogen-bond donors (Lipinski definition) is 1. The average Bonchev–Trinajstić information content (AvgIpc) is 2.77. The van der Waals surface area contributed by atoms with E-state index in [0.717, 1.165) is 37.2 Å². The minimum absolute atomic E-state index is 0.0128. The summed E-state index contributed by atoms with van der Waals surface area (Å²) in [6, 6.07) is 7.96. The van der Waals surface area contributed by atoms with Crippen molar-refractivity contribution in [3.8, 4) is 5.75 Å². The van der Waals surface area contributed by atoms with E-state index in [-0.39, 0.29) is 12.1 Å². The standard InChI is InChI=1S/C17H26N2O2/c1-3-21-16-10-8-9-15(13-16)14(2)18-17(20)19-11-6-4-5-7-12-19/h8-10,13-14H,3-7,11-12H2,1-2H3,(H,18,20). The first-order chi connectivity index (χ1) is 10.2. The van der Waals surface area contributed by atoms with E-state index in [2.05, 4.69) is 5.32 Å². The van der Waals surface area contributed by atoms with Crippen molar-refractivity contribution in [3.63, 3.8) is 0 Å². The fraction of sp³-hybridized carbons (Fsp3) is 0.588. The fourth-order valence-electron chi connectivity index (χ4n) is 2.67. The molecule has 1 fully saturated rings. The van der Waals surface area contributed by atoms with Gasteiger partial charge in [-0.1, -0.05) is 25.0 Å². The minimum atomic E-state index is -0.0128. The molecule has 0 bridgehead atoms. The predicted octanol–water partition coefficient (Wildman–Crippen LogP) is 3.73. The van der Waals surface area contributed by atoms with E-state index in [9.17, 15) is 4.79 Å². The Morgan fingerprint density at radius 2 is 2.00 bits per heavy atom. The lowest BCUT2D eigenvalue weighted by molar-refractivity contribution is 0.196. The van der Waals surface area contributed by atoms with E-state index in [1.165, 1.54) is 12.8 Å². The summed E-state index contributed by atoms with van der Waals surface area (Å²) in [5.41, 5.74) is 1.07. The van der Waals surface area contributed by atoms with Crippen LogP contribution in [0.3, 0.4) is 0 Å². The highest BCUT2D eigenvalue weighted by Crippen LogP contribution is 2.19. The lowest BCUT2D eigenvalue weighted by Gasteiger charge is -2.24. The molecule has 1 aromatic carbocycles. The van der Waals surface area contributed by atoms with Gasteiger partial charge in [0.1, 0.15) is 5.75 Å². The zero-order chi connectivity index (χ0) is 15.1. The van der Waals surface area contributed by atoms with Crippen LogP contribution < -0.4 is 10.1 Å². The van der Waals surface area contributed by atoms with Gasteiger partial charge in [-0.3, -0.25) is 0 Å². The number of rotatable bonds is 4. The molecule has 2 amide bonds. The maximum atomic E-state index is 12.3. The first-order valence-corrected chi connectivity index (χ1v) is 7.99. The molecule has 0 radical (unpaired) electrons. The molecular weight excluding hydrogens is 264 g/mol. The molecule has 21 heavy (non-hydrogen) atoms.